The Bertz CT molecular complexity index is 1450. The normalized spacial score (nSPS) is 13.1. The van der Waals surface area contributed by atoms with Crippen LogP contribution in [0.3, 0.4) is 0 Å². The number of anilines is 1. The number of hydrogen-bond acceptors (Lipinski definition) is 6. The molecule has 0 bridgehead atoms. The Kier molecular flexibility index (Phi) is 6.76. The Balaban J connectivity index is 1.45. The second kappa shape index (κ2) is 10.3. The van der Waals surface area contributed by atoms with E-state index in [1.807, 2.05) is 69.3 Å². The van der Waals surface area contributed by atoms with Crippen LogP contribution in [0.25, 0.3) is 11.0 Å². The van der Waals surface area contributed by atoms with Gasteiger partial charge in [0.1, 0.15) is 18.1 Å². The number of carbonyl (C=O) groups excluding carboxylic acids is 2. The highest BCUT2D eigenvalue weighted by Crippen LogP contribution is 2.34. The average Bonchev–Trinajstić information content (AvgIpc) is 3.51. The van der Waals surface area contributed by atoms with E-state index < -0.39 is 6.04 Å². The van der Waals surface area contributed by atoms with Gasteiger partial charge in [0, 0.05) is 18.3 Å². The Labute approximate surface area is 215 Å². The first-order valence-electron chi connectivity index (χ1n) is 12.2. The number of para-hydroxylation sites is 1. The minimum absolute atomic E-state index is 0.0348. The fourth-order valence-electron chi connectivity index (χ4n) is 4.56. The Morgan fingerprint density at radius 3 is 2.59 bits per heavy atom. The van der Waals surface area contributed by atoms with Crippen LogP contribution >= 0.6 is 0 Å². The van der Waals surface area contributed by atoms with Crippen LogP contribution in [0.2, 0.25) is 0 Å². The number of benzene rings is 3. The van der Waals surface area contributed by atoms with Gasteiger partial charge in [0.25, 0.3) is 0 Å². The zero-order chi connectivity index (χ0) is 25.9. The summed E-state index contributed by atoms with van der Waals surface area (Å²) in [6, 6.07) is 19.9. The number of hydrogen-bond donors (Lipinski definition) is 1. The van der Waals surface area contributed by atoms with E-state index in [4.69, 9.17) is 9.47 Å². The van der Waals surface area contributed by atoms with Crippen molar-refractivity contribution in [2.45, 2.75) is 39.9 Å². The van der Waals surface area contributed by atoms with Crippen LogP contribution in [0, 0.1) is 12.8 Å². The summed E-state index contributed by atoms with van der Waals surface area (Å²) in [6.07, 6.45) is 0. The molecule has 9 nitrogen and oxygen atoms in total. The highest BCUT2D eigenvalue weighted by Gasteiger charge is 2.33. The van der Waals surface area contributed by atoms with E-state index in [1.165, 1.54) is 0 Å². The quantitative estimate of drug-likeness (QED) is 0.391. The van der Waals surface area contributed by atoms with E-state index in [0.29, 0.717) is 22.7 Å². The van der Waals surface area contributed by atoms with Gasteiger partial charge in [-0.05, 0) is 48.2 Å². The van der Waals surface area contributed by atoms with Gasteiger partial charge in [-0.25, -0.2) is 4.68 Å². The van der Waals surface area contributed by atoms with E-state index in [9.17, 15) is 9.59 Å². The van der Waals surface area contributed by atoms with E-state index in [1.54, 1.807) is 27.8 Å². The number of carbonyl (C=O) groups is 2. The summed E-state index contributed by atoms with van der Waals surface area (Å²) in [7, 11) is 0. The van der Waals surface area contributed by atoms with Crippen LogP contribution in [-0.2, 0) is 22.7 Å². The van der Waals surface area contributed by atoms with E-state index >= 15 is 0 Å². The SMILES string of the molecule is Cc1ccccc1CN(C(=O)Cn1nnc2ccccc21)[C@H](C(=O)Nc1ccc2c(c1)OCO2)C(C)C. The predicted octanol–water partition coefficient (Wildman–Crippen LogP) is 4.16. The summed E-state index contributed by atoms with van der Waals surface area (Å²) in [6.45, 7) is 6.28. The van der Waals surface area contributed by atoms with Crippen molar-refractivity contribution in [2.75, 3.05) is 12.1 Å². The van der Waals surface area contributed by atoms with Crippen LogP contribution in [0.15, 0.2) is 66.7 Å². The molecular weight excluding hydrogens is 470 g/mol. The number of aryl methyl sites for hydroxylation is 1. The molecular formula is C28H29N5O4. The molecule has 0 saturated carbocycles. The van der Waals surface area contributed by atoms with Gasteiger partial charge in [-0.1, -0.05) is 55.5 Å². The maximum Gasteiger partial charge on any atom is 0.247 e. The first-order valence-corrected chi connectivity index (χ1v) is 12.2. The monoisotopic (exact) mass is 499 g/mol. The summed E-state index contributed by atoms with van der Waals surface area (Å²) < 4.78 is 12.4. The van der Waals surface area contributed by atoms with Gasteiger partial charge in [-0.3, -0.25) is 9.59 Å². The molecule has 3 aromatic carbocycles. The Hall–Kier alpha value is -4.40. The van der Waals surface area contributed by atoms with Crippen molar-refractivity contribution < 1.29 is 19.1 Å². The van der Waals surface area contributed by atoms with Gasteiger partial charge in [0.05, 0.1) is 5.52 Å². The minimum atomic E-state index is -0.729. The molecule has 4 aromatic rings. The molecule has 0 saturated heterocycles. The zero-order valence-corrected chi connectivity index (χ0v) is 21.0. The van der Waals surface area contributed by atoms with Gasteiger partial charge in [-0.2, -0.15) is 0 Å². The molecule has 1 aliphatic rings. The van der Waals surface area contributed by atoms with Crippen molar-refractivity contribution >= 4 is 28.5 Å². The van der Waals surface area contributed by atoms with Crippen LogP contribution in [-0.4, -0.2) is 44.5 Å². The van der Waals surface area contributed by atoms with Crippen LogP contribution in [0.1, 0.15) is 25.0 Å². The largest absolute Gasteiger partial charge is 0.454 e. The van der Waals surface area contributed by atoms with Gasteiger partial charge in [-0.15, -0.1) is 5.10 Å². The molecule has 5 rings (SSSR count). The van der Waals surface area contributed by atoms with E-state index in [2.05, 4.69) is 15.6 Å². The predicted molar refractivity (Wildman–Crippen MR) is 139 cm³/mol. The van der Waals surface area contributed by atoms with Crippen molar-refractivity contribution in [3.05, 3.63) is 77.9 Å². The fraction of sp³-hybridized carbons (Fsp3) is 0.286. The molecule has 1 aromatic heterocycles. The number of aromatic nitrogens is 3. The lowest BCUT2D eigenvalue weighted by Gasteiger charge is -2.34. The molecule has 2 heterocycles. The molecule has 1 atom stereocenters. The number of ether oxygens (including phenoxy) is 2. The molecule has 0 spiro atoms. The molecule has 0 aliphatic carbocycles. The summed E-state index contributed by atoms with van der Waals surface area (Å²) in [4.78, 5) is 29.2. The summed E-state index contributed by atoms with van der Waals surface area (Å²) in [5.74, 6) is 0.548. The molecule has 1 aliphatic heterocycles. The Morgan fingerprint density at radius 1 is 1.03 bits per heavy atom. The first-order chi connectivity index (χ1) is 17.9. The molecule has 2 amide bonds. The molecule has 1 N–H and O–H groups in total. The number of nitrogens with zero attached hydrogens (tertiary/aromatic N) is 4. The van der Waals surface area contributed by atoms with E-state index in [0.717, 1.165) is 16.6 Å². The average molecular weight is 500 g/mol. The molecule has 0 unspecified atom stereocenters. The molecule has 0 fully saturated rings. The van der Waals surface area contributed by atoms with Crippen molar-refractivity contribution in [1.29, 1.82) is 0 Å². The molecule has 0 radical (unpaired) electrons. The second-order valence-electron chi connectivity index (χ2n) is 9.43. The molecule has 9 heteroatoms. The van der Waals surface area contributed by atoms with Crippen LogP contribution < -0.4 is 14.8 Å². The maximum atomic E-state index is 13.8. The lowest BCUT2D eigenvalue weighted by atomic mass is 9.99. The highest BCUT2D eigenvalue weighted by molar-refractivity contribution is 5.97. The van der Waals surface area contributed by atoms with Crippen LogP contribution in [0.4, 0.5) is 5.69 Å². The molecule has 37 heavy (non-hydrogen) atoms. The number of amides is 2. The van der Waals surface area contributed by atoms with Crippen molar-refractivity contribution in [1.82, 2.24) is 19.9 Å². The van der Waals surface area contributed by atoms with Crippen LogP contribution in [0.5, 0.6) is 11.5 Å². The lowest BCUT2D eigenvalue weighted by molar-refractivity contribution is -0.141. The second-order valence-corrected chi connectivity index (χ2v) is 9.43. The number of rotatable bonds is 8. The van der Waals surface area contributed by atoms with Gasteiger partial charge in [0.2, 0.25) is 18.6 Å². The van der Waals surface area contributed by atoms with Gasteiger partial charge < -0.3 is 19.7 Å². The topological polar surface area (TPSA) is 98.6 Å². The minimum Gasteiger partial charge on any atom is -0.454 e. The Morgan fingerprint density at radius 2 is 1.78 bits per heavy atom. The third-order valence-electron chi connectivity index (χ3n) is 6.50. The zero-order valence-electron chi connectivity index (χ0n) is 21.0. The maximum absolute atomic E-state index is 13.8. The lowest BCUT2D eigenvalue weighted by Crippen LogP contribution is -2.51. The van der Waals surface area contributed by atoms with Crippen molar-refractivity contribution in [3.8, 4) is 11.5 Å². The summed E-state index contributed by atoms with van der Waals surface area (Å²) in [5.41, 5.74) is 4.07. The summed E-state index contributed by atoms with van der Waals surface area (Å²) >= 11 is 0. The standard InChI is InChI=1S/C28H29N5O4/c1-18(2)27(28(35)29-21-12-13-24-25(14-21)37-17-36-24)32(15-20-9-5-4-8-19(20)3)26(34)16-33-23-11-7-6-10-22(23)30-31-33/h4-14,18,27H,15-17H2,1-3H3,(H,29,35)/t27-/m0/s1. The van der Waals surface area contributed by atoms with E-state index in [-0.39, 0.29) is 37.6 Å². The number of fused-ring (bicyclic) bond motifs is 2. The van der Waals surface area contributed by atoms with Crippen molar-refractivity contribution in [2.24, 2.45) is 5.92 Å². The molecule has 190 valence electrons. The third kappa shape index (κ3) is 5.11. The smallest absolute Gasteiger partial charge is 0.247 e. The number of nitrogens with one attached hydrogen (secondary N) is 1. The third-order valence-corrected chi connectivity index (χ3v) is 6.50. The highest BCUT2D eigenvalue weighted by atomic mass is 16.7. The van der Waals surface area contributed by atoms with Gasteiger partial charge in [0.15, 0.2) is 11.5 Å². The fourth-order valence-corrected chi connectivity index (χ4v) is 4.56. The van der Waals surface area contributed by atoms with Gasteiger partial charge >= 0.3 is 0 Å². The first kappa shape index (κ1) is 24.3. The summed E-state index contributed by atoms with van der Waals surface area (Å²) in [5, 5.41) is 11.3. The van der Waals surface area contributed by atoms with Crippen molar-refractivity contribution in [3.63, 3.8) is 0 Å².